The summed E-state index contributed by atoms with van der Waals surface area (Å²) in [6, 6.07) is 1.60. The Hall–Kier alpha value is -1.50. The zero-order valence-electron chi connectivity index (χ0n) is 6.37. The van der Waals surface area contributed by atoms with Gasteiger partial charge in [0.15, 0.2) is 0 Å². The molecule has 0 fully saturated rings. The molecule has 0 atom stereocenters. The molecule has 2 N–H and O–H groups in total. The summed E-state index contributed by atoms with van der Waals surface area (Å²) in [5, 5.41) is 8.68. The van der Waals surface area contributed by atoms with Crippen molar-refractivity contribution in [1.29, 1.82) is 0 Å². The Balaban J connectivity index is 2.71. The van der Waals surface area contributed by atoms with E-state index in [-0.39, 0.29) is 20.2 Å². The Morgan fingerprint density at radius 1 is 1.69 bits per heavy atom. The second-order valence-electron chi connectivity index (χ2n) is 2.46. The fraction of sp³-hybridized carbons (Fsp3) is 0. The van der Waals surface area contributed by atoms with Crippen molar-refractivity contribution >= 4 is 35.9 Å². The molecule has 0 aliphatic heterocycles. The molecule has 13 heavy (non-hydrogen) atoms. The number of aromatic amines is 1. The van der Waals surface area contributed by atoms with E-state index in [1.807, 2.05) is 4.94 Å². The van der Waals surface area contributed by atoms with Crippen molar-refractivity contribution in [3.05, 3.63) is 28.1 Å². The zero-order valence-corrected chi connectivity index (χ0v) is 8.08. The van der Waals surface area contributed by atoms with Crippen molar-refractivity contribution in [3.8, 4) is 0 Å². The number of hydrogen-bond acceptors (Lipinski definition) is 1. The first kappa shape index (κ1) is 8.11. The number of nitrogens with one attached hydrogen (secondary N) is 1. The van der Waals surface area contributed by atoms with Crippen molar-refractivity contribution in [2.75, 3.05) is 0 Å². The maximum absolute atomic E-state index is 10.6. The molecule has 0 saturated heterocycles. The Labute approximate surface area is 79.4 Å². The predicted molar refractivity (Wildman–Crippen MR) is 48.5 cm³/mol. The summed E-state index contributed by atoms with van der Waals surface area (Å²) in [6.07, 6.45) is 0. The first-order chi connectivity index (χ1) is 6.22. The average Bonchev–Trinajstić information content (AvgIpc) is 2.60. The molecule has 0 bridgehead atoms. The van der Waals surface area contributed by atoms with Crippen LogP contribution in [0.4, 0.5) is 5.69 Å². The Morgan fingerprint density at radius 3 is 3.08 bits per heavy atom. The van der Waals surface area contributed by atoms with Crippen LogP contribution in [0.2, 0.25) is 0 Å². The van der Waals surface area contributed by atoms with Crippen LogP contribution in [0, 0.1) is 6.57 Å². The number of rotatable bonds is 1. The molecule has 0 amide bonds. The van der Waals surface area contributed by atoms with Gasteiger partial charge in [-0.1, -0.05) is 0 Å². The van der Waals surface area contributed by atoms with Crippen LogP contribution in [0.15, 0.2) is 11.0 Å². The van der Waals surface area contributed by atoms with E-state index in [4.69, 9.17) is 11.7 Å². The number of H-pyrrole nitrogens is 1. The van der Waals surface area contributed by atoms with E-state index in [0.29, 0.717) is 11.2 Å². The third-order valence-electron chi connectivity index (χ3n) is 1.69. The zero-order chi connectivity index (χ0) is 9.42. The van der Waals surface area contributed by atoms with Crippen LogP contribution in [0.1, 0.15) is 10.5 Å². The van der Waals surface area contributed by atoms with Gasteiger partial charge in [-0.05, 0) is 0 Å². The number of carboxylic acid groups (broad SMARTS) is 1. The van der Waals surface area contributed by atoms with Crippen LogP contribution in [0.3, 0.4) is 0 Å². The van der Waals surface area contributed by atoms with Gasteiger partial charge in [0.2, 0.25) is 0 Å². The molecule has 64 valence electrons. The third-order valence-corrected chi connectivity index (χ3v) is 3.61. The first-order valence-electron chi connectivity index (χ1n) is 3.43. The maximum atomic E-state index is 10.6. The molecule has 0 aliphatic rings. The van der Waals surface area contributed by atoms with Gasteiger partial charge in [0, 0.05) is 0 Å². The van der Waals surface area contributed by atoms with E-state index >= 15 is 0 Å². The topological polar surface area (TPSA) is 57.4 Å². The fourth-order valence-electron chi connectivity index (χ4n) is 1.09. The van der Waals surface area contributed by atoms with Crippen LogP contribution < -0.4 is 0 Å². The molecule has 2 heterocycles. The van der Waals surface area contributed by atoms with E-state index in [9.17, 15) is 4.79 Å². The Kier molecular flexibility index (Phi) is 1.73. The van der Waals surface area contributed by atoms with Crippen LogP contribution in [0.25, 0.3) is 14.6 Å². The molecule has 0 radical (unpaired) electrons. The SMILES string of the molecule is [C-]#[N+]c1c[se]c2cc(C(=O)O)[nH]c12. The molecule has 0 aromatic carbocycles. The Bertz CT molecular complexity index is 518. The van der Waals surface area contributed by atoms with Crippen LogP contribution in [-0.2, 0) is 0 Å². The summed E-state index contributed by atoms with van der Waals surface area (Å²) in [7, 11) is 0. The quantitative estimate of drug-likeness (QED) is 0.584. The number of aromatic nitrogens is 1. The number of nitrogens with zero attached hydrogens (tertiary/aromatic N) is 1. The summed E-state index contributed by atoms with van der Waals surface area (Å²) < 4.78 is 0.955. The summed E-state index contributed by atoms with van der Waals surface area (Å²) in [6.45, 7) is 6.85. The van der Waals surface area contributed by atoms with Gasteiger partial charge >= 0.3 is 78.9 Å². The number of carboxylic acids is 1. The molecule has 5 heteroatoms. The summed E-state index contributed by atoms with van der Waals surface area (Å²) in [5.41, 5.74) is 1.40. The van der Waals surface area contributed by atoms with E-state index in [1.165, 1.54) is 0 Å². The normalized spacial score (nSPS) is 10.1. The van der Waals surface area contributed by atoms with Gasteiger partial charge in [0.25, 0.3) is 0 Å². The van der Waals surface area contributed by atoms with Gasteiger partial charge in [0.1, 0.15) is 0 Å². The van der Waals surface area contributed by atoms with Gasteiger partial charge in [-0.25, -0.2) is 0 Å². The van der Waals surface area contributed by atoms with Gasteiger partial charge in [-0.3, -0.25) is 0 Å². The second-order valence-corrected chi connectivity index (χ2v) is 4.37. The second kappa shape index (κ2) is 2.77. The van der Waals surface area contributed by atoms with Gasteiger partial charge in [-0.2, -0.15) is 0 Å². The molecule has 0 unspecified atom stereocenters. The van der Waals surface area contributed by atoms with E-state index < -0.39 is 5.97 Å². The van der Waals surface area contributed by atoms with Gasteiger partial charge in [0.05, 0.1) is 0 Å². The monoisotopic (exact) mass is 240 g/mol. The third kappa shape index (κ3) is 1.17. The van der Waals surface area contributed by atoms with Crippen molar-refractivity contribution in [3.63, 3.8) is 0 Å². The summed E-state index contributed by atoms with van der Waals surface area (Å²) in [4.78, 5) is 18.5. The minimum absolute atomic E-state index is 0.111. The fourth-order valence-corrected chi connectivity index (χ4v) is 2.92. The molecular weight excluding hydrogens is 235 g/mol. The minimum atomic E-state index is -0.977. The van der Waals surface area contributed by atoms with Crippen LogP contribution in [0.5, 0.6) is 0 Å². The molecular formula is C8H4N2O2Se. The molecule has 0 aliphatic carbocycles. The molecule has 2 rings (SSSR count). The van der Waals surface area contributed by atoms with Crippen LogP contribution in [-0.4, -0.2) is 30.6 Å². The van der Waals surface area contributed by atoms with Crippen LogP contribution >= 0.6 is 0 Å². The number of fused-ring (bicyclic) bond motifs is 1. The molecule has 0 saturated carbocycles. The molecule has 2 aromatic heterocycles. The summed E-state index contributed by atoms with van der Waals surface area (Å²) in [5.74, 6) is -0.977. The van der Waals surface area contributed by atoms with E-state index in [2.05, 4.69) is 9.83 Å². The predicted octanol–water partition coefficient (Wildman–Crippen LogP) is 1.47. The number of aromatic carboxylic acids is 1. The van der Waals surface area contributed by atoms with E-state index in [0.717, 1.165) is 4.26 Å². The number of carbonyl (C=O) groups is 1. The van der Waals surface area contributed by atoms with Gasteiger partial charge < -0.3 is 0 Å². The molecule has 4 nitrogen and oxygen atoms in total. The first-order valence-corrected chi connectivity index (χ1v) is 5.28. The molecule has 0 spiro atoms. The molecule has 2 aromatic rings. The van der Waals surface area contributed by atoms with Crippen molar-refractivity contribution < 1.29 is 9.90 Å². The Morgan fingerprint density at radius 2 is 2.46 bits per heavy atom. The van der Waals surface area contributed by atoms with Crippen molar-refractivity contribution in [1.82, 2.24) is 4.98 Å². The average molecular weight is 239 g/mol. The van der Waals surface area contributed by atoms with Crippen molar-refractivity contribution in [2.45, 2.75) is 0 Å². The number of hydrogen-bond donors (Lipinski definition) is 2. The van der Waals surface area contributed by atoms with E-state index in [1.54, 1.807) is 6.07 Å². The standard InChI is InChI=1S/C8H4N2O2Se/c1-9-5-3-13-6-2-4(8(11)12)10-7(5)6/h2-3,10H,(H,11,12). The van der Waals surface area contributed by atoms with Gasteiger partial charge in [-0.15, -0.1) is 0 Å². The van der Waals surface area contributed by atoms with Crippen molar-refractivity contribution in [2.24, 2.45) is 0 Å². The summed E-state index contributed by atoms with van der Waals surface area (Å²) >= 11 is 0.111.